The van der Waals surface area contributed by atoms with Gasteiger partial charge in [-0.05, 0) is 19.9 Å². The van der Waals surface area contributed by atoms with Crippen molar-refractivity contribution in [1.29, 1.82) is 0 Å². The second-order valence-electron chi connectivity index (χ2n) is 1.93. The molecule has 0 amide bonds. The molecule has 0 bridgehead atoms. The smallest absolute Gasteiger partial charge is 0.103 e. The zero-order valence-corrected chi connectivity index (χ0v) is 5.64. The molecule has 1 N–H and O–H groups in total. The predicted molar refractivity (Wildman–Crippen MR) is 34.5 cm³/mol. The minimum atomic E-state index is 0.0972. The van der Waals surface area contributed by atoms with Gasteiger partial charge in [0.1, 0.15) is 6.04 Å². The maximum absolute atomic E-state index is 10.5. The van der Waals surface area contributed by atoms with Crippen LogP contribution in [-0.4, -0.2) is 13.1 Å². The van der Waals surface area contributed by atoms with Crippen molar-refractivity contribution >= 4 is 0 Å². The first-order chi connectivity index (χ1) is 3.68. The lowest BCUT2D eigenvalue weighted by Crippen LogP contribution is -3.07. The van der Waals surface area contributed by atoms with Crippen LogP contribution in [-0.2, 0) is 0 Å². The molecule has 0 radical (unpaired) electrons. The number of quaternary nitrogens is 1. The molecule has 0 heterocycles. The Morgan fingerprint density at radius 3 is 2.25 bits per heavy atom. The summed E-state index contributed by atoms with van der Waals surface area (Å²) in [6.07, 6.45) is 3.79. The molecule has 0 aliphatic rings. The molecule has 2 unspecified atom stereocenters. The average Bonchev–Trinajstić information content (AvgIpc) is 1.67. The number of likely N-dealkylation sites (N-methyl/N-ethyl adjacent to an activating group) is 1. The third-order valence-electron chi connectivity index (χ3n) is 1.12. The number of allylic oxidation sites excluding steroid dienone is 1. The molecular formula is C6H13NO. The van der Waals surface area contributed by atoms with E-state index < -0.39 is 0 Å². The molecule has 2 atom stereocenters. The summed E-state index contributed by atoms with van der Waals surface area (Å²) >= 11 is 0. The molecule has 0 aliphatic heterocycles. The van der Waals surface area contributed by atoms with Crippen LogP contribution < -0.4 is 5.06 Å². The second-order valence-corrected chi connectivity index (χ2v) is 1.93. The molecule has 0 saturated heterocycles. The number of rotatable bonds is 2. The van der Waals surface area contributed by atoms with Gasteiger partial charge in [0.15, 0.2) is 0 Å². The summed E-state index contributed by atoms with van der Waals surface area (Å²) in [5.74, 6) is 0. The van der Waals surface area contributed by atoms with Gasteiger partial charge >= 0.3 is 0 Å². The number of hydrogen-bond acceptors (Lipinski definition) is 1. The molecule has 0 spiro atoms. The minimum Gasteiger partial charge on any atom is -0.634 e. The van der Waals surface area contributed by atoms with E-state index in [-0.39, 0.29) is 11.1 Å². The fraction of sp³-hybridized carbons (Fsp3) is 0.667. The van der Waals surface area contributed by atoms with E-state index in [0.29, 0.717) is 0 Å². The van der Waals surface area contributed by atoms with Gasteiger partial charge in [0.05, 0.1) is 7.05 Å². The first kappa shape index (κ1) is 7.66. The molecule has 0 rings (SSSR count). The second kappa shape index (κ2) is 3.64. The summed E-state index contributed by atoms with van der Waals surface area (Å²) in [5, 5.41) is 10.7. The van der Waals surface area contributed by atoms with E-state index in [1.54, 1.807) is 7.05 Å². The van der Waals surface area contributed by atoms with E-state index in [1.807, 2.05) is 26.0 Å². The van der Waals surface area contributed by atoms with Crippen LogP contribution in [0.5, 0.6) is 0 Å². The molecule has 8 heavy (non-hydrogen) atoms. The molecular weight excluding hydrogens is 102 g/mol. The third kappa shape index (κ3) is 2.77. The Morgan fingerprint density at radius 2 is 2.12 bits per heavy atom. The lowest BCUT2D eigenvalue weighted by molar-refractivity contribution is -0.844. The standard InChI is InChI=1S/C6H13NO/c1-4-5-6(2)7(3)8/h4-7H,1-3H3/b5-4-. The van der Waals surface area contributed by atoms with Gasteiger partial charge in [0, 0.05) is 0 Å². The molecule has 0 aliphatic carbocycles. The van der Waals surface area contributed by atoms with Gasteiger partial charge in [-0.3, -0.25) is 0 Å². The molecule has 0 aromatic heterocycles. The number of hydroxylamine groups is 2. The van der Waals surface area contributed by atoms with Crippen LogP contribution >= 0.6 is 0 Å². The Labute approximate surface area is 50.4 Å². The van der Waals surface area contributed by atoms with Crippen LogP contribution in [0.1, 0.15) is 13.8 Å². The quantitative estimate of drug-likeness (QED) is 0.397. The Hall–Kier alpha value is -0.340. The lowest BCUT2D eigenvalue weighted by Gasteiger charge is -2.20. The highest BCUT2D eigenvalue weighted by molar-refractivity contribution is 4.82. The first-order valence-corrected chi connectivity index (χ1v) is 2.81. The van der Waals surface area contributed by atoms with Gasteiger partial charge in [-0.1, -0.05) is 6.08 Å². The molecule has 48 valence electrons. The van der Waals surface area contributed by atoms with Crippen LogP contribution in [0.15, 0.2) is 12.2 Å². The van der Waals surface area contributed by atoms with Gasteiger partial charge in [-0.25, -0.2) is 0 Å². The van der Waals surface area contributed by atoms with Crippen molar-refractivity contribution in [2.75, 3.05) is 7.05 Å². The largest absolute Gasteiger partial charge is 0.634 e. The van der Waals surface area contributed by atoms with E-state index in [4.69, 9.17) is 0 Å². The Morgan fingerprint density at radius 1 is 1.62 bits per heavy atom. The molecule has 2 nitrogen and oxygen atoms in total. The summed E-state index contributed by atoms with van der Waals surface area (Å²) in [5.41, 5.74) is 0. The van der Waals surface area contributed by atoms with Gasteiger partial charge in [-0.15, -0.1) is 0 Å². The van der Waals surface area contributed by atoms with Crippen LogP contribution in [0.25, 0.3) is 0 Å². The number of nitrogens with one attached hydrogen (secondary N) is 1. The fourth-order valence-electron chi connectivity index (χ4n) is 0.424. The predicted octanol–water partition coefficient (Wildman–Crippen LogP) is -0.0365. The Balaban J connectivity index is 3.47. The van der Waals surface area contributed by atoms with Crippen molar-refractivity contribution in [3.05, 3.63) is 17.4 Å². The van der Waals surface area contributed by atoms with Crippen molar-refractivity contribution < 1.29 is 5.06 Å². The third-order valence-corrected chi connectivity index (χ3v) is 1.12. The van der Waals surface area contributed by atoms with Gasteiger partial charge in [-0.2, -0.15) is 0 Å². The van der Waals surface area contributed by atoms with E-state index in [2.05, 4.69) is 0 Å². The zero-order valence-electron chi connectivity index (χ0n) is 5.64. The van der Waals surface area contributed by atoms with Gasteiger partial charge in [0.2, 0.25) is 0 Å². The zero-order chi connectivity index (χ0) is 6.57. The Kier molecular flexibility index (Phi) is 3.48. The average molecular weight is 115 g/mol. The molecule has 2 heteroatoms. The van der Waals surface area contributed by atoms with Crippen LogP contribution in [0.3, 0.4) is 0 Å². The minimum absolute atomic E-state index is 0.0972. The van der Waals surface area contributed by atoms with Crippen LogP contribution in [0.4, 0.5) is 0 Å². The highest BCUT2D eigenvalue weighted by Crippen LogP contribution is 1.75. The maximum atomic E-state index is 10.5. The van der Waals surface area contributed by atoms with Gasteiger partial charge in [0.25, 0.3) is 0 Å². The van der Waals surface area contributed by atoms with E-state index in [1.165, 1.54) is 0 Å². The van der Waals surface area contributed by atoms with Crippen LogP contribution in [0.2, 0.25) is 0 Å². The maximum Gasteiger partial charge on any atom is 0.103 e. The van der Waals surface area contributed by atoms with Crippen molar-refractivity contribution in [2.24, 2.45) is 0 Å². The summed E-state index contributed by atoms with van der Waals surface area (Å²) in [7, 11) is 1.60. The van der Waals surface area contributed by atoms with Crippen molar-refractivity contribution in [3.63, 3.8) is 0 Å². The summed E-state index contributed by atoms with van der Waals surface area (Å²) in [6, 6.07) is 0.0972. The Bertz CT molecular complexity index is 78.6. The van der Waals surface area contributed by atoms with Crippen molar-refractivity contribution in [3.8, 4) is 0 Å². The van der Waals surface area contributed by atoms with E-state index in [9.17, 15) is 5.21 Å². The van der Waals surface area contributed by atoms with E-state index >= 15 is 0 Å². The molecule has 0 aromatic carbocycles. The SMILES string of the molecule is C/C=C\C(C)[NH+](C)[O-]. The highest BCUT2D eigenvalue weighted by atomic mass is 16.5. The van der Waals surface area contributed by atoms with E-state index in [0.717, 1.165) is 0 Å². The van der Waals surface area contributed by atoms with Gasteiger partial charge < -0.3 is 10.3 Å². The molecule has 0 saturated carbocycles. The monoisotopic (exact) mass is 115 g/mol. The van der Waals surface area contributed by atoms with Crippen LogP contribution in [0, 0.1) is 5.21 Å². The lowest BCUT2D eigenvalue weighted by atomic mass is 10.3. The molecule has 0 fully saturated rings. The fourth-order valence-corrected chi connectivity index (χ4v) is 0.424. The van der Waals surface area contributed by atoms with Crippen molar-refractivity contribution in [2.45, 2.75) is 19.9 Å². The summed E-state index contributed by atoms with van der Waals surface area (Å²) < 4.78 is 0. The van der Waals surface area contributed by atoms with Crippen molar-refractivity contribution in [1.82, 2.24) is 0 Å². The highest BCUT2D eigenvalue weighted by Gasteiger charge is 1.95. The topological polar surface area (TPSA) is 27.5 Å². The normalized spacial score (nSPS) is 19.0. The molecule has 0 aromatic rings. The summed E-state index contributed by atoms with van der Waals surface area (Å²) in [4.78, 5) is 0. The first-order valence-electron chi connectivity index (χ1n) is 2.81. The number of hydrogen-bond donors (Lipinski definition) is 1. The summed E-state index contributed by atoms with van der Waals surface area (Å²) in [6.45, 7) is 3.81.